The molecule has 0 amide bonds. The molecule has 0 bridgehead atoms. The first-order valence-electron chi connectivity index (χ1n) is 4.81. The van der Waals surface area contributed by atoms with Gasteiger partial charge in [-0.2, -0.15) is 0 Å². The second-order valence-corrected chi connectivity index (χ2v) is 3.72. The van der Waals surface area contributed by atoms with Crippen molar-refractivity contribution in [2.75, 3.05) is 0 Å². The molecule has 2 aromatic heterocycles. The molecule has 0 unspecified atom stereocenters. The predicted octanol–water partition coefficient (Wildman–Crippen LogP) is 2.02. The second-order valence-electron chi connectivity index (χ2n) is 3.72. The summed E-state index contributed by atoms with van der Waals surface area (Å²) in [6.07, 6.45) is 6.95. The van der Waals surface area contributed by atoms with Crippen molar-refractivity contribution >= 4 is 11.8 Å². The van der Waals surface area contributed by atoms with E-state index in [0.717, 1.165) is 17.5 Å². The zero-order chi connectivity index (χ0) is 9.54. The number of aromatic nitrogens is 2. The van der Waals surface area contributed by atoms with E-state index in [4.69, 9.17) is 0 Å². The fourth-order valence-electron chi connectivity index (χ4n) is 1.85. The molecular formula is C11H10N2O. The van der Waals surface area contributed by atoms with Crippen LogP contribution in [-0.2, 0) is 0 Å². The molecule has 0 atom stereocenters. The lowest BCUT2D eigenvalue weighted by Crippen LogP contribution is -1.95. The van der Waals surface area contributed by atoms with Gasteiger partial charge in [0.05, 0.1) is 16.9 Å². The summed E-state index contributed by atoms with van der Waals surface area (Å²) in [5, 5.41) is 0. The van der Waals surface area contributed by atoms with Gasteiger partial charge < -0.3 is 4.40 Å². The van der Waals surface area contributed by atoms with Crippen LogP contribution in [0.1, 0.15) is 34.9 Å². The van der Waals surface area contributed by atoms with Gasteiger partial charge >= 0.3 is 0 Å². The van der Waals surface area contributed by atoms with Crippen molar-refractivity contribution in [3.05, 3.63) is 35.9 Å². The molecule has 0 spiro atoms. The minimum absolute atomic E-state index is 0.619. The van der Waals surface area contributed by atoms with Crippen LogP contribution in [0.3, 0.4) is 0 Å². The Labute approximate surface area is 81.4 Å². The highest BCUT2D eigenvalue weighted by Crippen LogP contribution is 2.40. The Bertz CT molecular complexity index is 497. The summed E-state index contributed by atoms with van der Waals surface area (Å²) in [4.78, 5) is 15.1. The molecule has 1 saturated carbocycles. The van der Waals surface area contributed by atoms with Gasteiger partial charge in [0.15, 0.2) is 6.29 Å². The average Bonchev–Trinajstić information content (AvgIpc) is 2.97. The Hall–Kier alpha value is -1.64. The van der Waals surface area contributed by atoms with Gasteiger partial charge in [-0.05, 0) is 25.0 Å². The van der Waals surface area contributed by atoms with Gasteiger partial charge in [-0.1, -0.05) is 0 Å². The molecule has 3 heteroatoms. The second kappa shape index (κ2) is 2.67. The third-order valence-electron chi connectivity index (χ3n) is 2.73. The van der Waals surface area contributed by atoms with Crippen molar-refractivity contribution < 1.29 is 4.79 Å². The molecule has 14 heavy (non-hydrogen) atoms. The molecule has 0 aliphatic heterocycles. The maximum absolute atomic E-state index is 10.7. The molecule has 3 rings (SSSR count). The van der Waals surface area contributed by atoms with Gasteiger partial charge in [0, 0.05) is 18.3 Å². The van der Waals surface area contributed by atoms with Gasteiger partial charge in [0.2, 0.25) is 0 Å². The number of aldehydes is 1. The van der Waals surface area contributed by atoms with E-state index < -0.39 is 0 Å². The SMILES string of the molecule is O=Cc1ccc2c(C3CC3)nccn12. The minimum atomic E-state index is 0.619. The lowest BCUT2D eigenvalue weighted by molar-refractivity contribution is 0.111. The first kappa shape index (κ1) is 7.74. The van der Waals surface area contributed by atoms with Crippen LogP contribution < -0.4 is 0 Å². The van der Waals surface area contributed by atoms with Gasteiger partial charge in [0.1, 0.15) is 0 Å². The van der Waals surface area contributed by atoms with Crippen LogP contribution in [0.25, 0.3) is 5.52 Å². The molecule has 1 aliphatic carbocycles. The van der Waals surface area contributed by atoms with Gasteiger partial charge in [-0.3, -0.25) is 9.78 Å². The summed E-state index contributed by atoms with van der Waals surface area (Å²) in [6, 6.07) is 3.82. The molecule has 2 aromatic rings. The van der Waals surface area contributed by atoms with E-state index in [-0.39, 0.29) is 0 Å². The Morgan fingerprint density at radius 1 is 1.43 bits per heavy atom. The van der Waals surface area contributed by atoms with Crippen LogP contribution in [-0.4, -0.2) is 15.7 Å². The predicted molar refractivity (Wildman–Crippen MR) is 52.6 cm³/mol. The van der Waals surface area contributed by atoms with Crippen molar-refractivity contribution in [3.8, 4) is 0 Å². The van der Waals surface area contributed by atoms with E-state index in [1.165, 1.54) is 12.8 Å². The first-order valence-corrected chi connectivity index (χ1v) is 4.81. The number of fused-ring (bicyclic) bond motifs is 1. The monoisotopic (exact) mass is 186 g/mol. The van der Waals surface area contributed by atoms with Gasteiger partial charge in [0.25, 0.3) is 0 Å². The van der Waals surface area contributed by atoms with E-state index in [0.29, 0.717) is 11.6 Å². The Morgan fingerprint density at radius 3 is 3.00 bits per heavy atom. The summed E-state index contributed by atoms with van der Waals surface area (Å²) in [6.45, 7) is 0. The third-order valence-corrected chi connectivity index (χ3v) is 2.73. The van der Waals surface area contributed by atoms with E-state index in [2.05, 4.69) is 4.98 Å². The standard InChI is InChI=1S/C11H10N2O/c14-7-9-3-4-10-11(8-1-2-8)12-5-6-13(9)10/h3-8H,1-2H2. The fraction of sp³-hybridized carbons (Fsp3) is 0.273. The number of hydrogen-bond acceptors (Lipinski definition) is 2. The molecule has 2 heterocycles. The zero-order valence-electron chi connectivity index (χ0n) is 7.68. The largest absolute Gasteiger partial charge is 0.311 e. The number of rotatable bonds is 2. The van der Waals surface area contributed by atoms with Crippen LogP contribution in [0.15, 0.2) is 24.5 Å². The van der Waals surface area contributed by atoms with Crippen LogP contribution in [0.2, 0.25) is 0 Å². The Morgan fingerprint density at radius 2 is 2.29 bits per heavy atom. The topological polar surface area (TPSA) is 34.4 Å². The molecule has 0 aromatic carbocycles. The summed E-state index contributed by atoms with van der Waals surface area (Å²) in [7, 11) is 0. The summed E-state index contributed by atoms with van der Waals surface area (Å²) in [5.74, 6) is 0.619. The minimum Gasteiger partial charge on any atom is -0.311 e. The van der Waals surface area contributed by atoms with Crippen LogP contribution in [0, 0.1) is 0 Å². The average molecular weight is 186 g/mol. The van der Waals surface area contributed by atoms with Crippen molar-refractivity contribution in [2.45, 2.75) is 18.8 Å². The third kappa shape index (κ3) is 0.985. The molecule has 3 nitrogen and oxygen atoms in total. The molecule has 70 valence electrons. The van der Waals surface area contributed by atoms with Crippen LogP contribution in [0.5, 0.6) is 0 Å². The van der Waals surface area contributed by atoms with Crippen molar-refractivity contribution in [2.24, 2.45) is 0 Å². The highest BCUT2D eigenvalue weighted by molar-refractivity contribution is 5.76. The lowest BCUT2D eigenvalue weighted by Gasteiger charge is -2.01. The van der Waals surface area contributed by atoms with Gasteiger partial charge in [-0.15, -0.1) is 0 Å². The number of hydrogen-bond donors (Lipinski definition) is 0. The number of nitrogens with zero attached hydrogens (tertiary/aromatic N) is 2. The molecule has 0 radical (unpaired) electrons. The molecule has 0 N–H and O–H groups in total. The van der Waals surface area contributed by atoms with E-state index in [1.807, 2.05) is 22.7 Å². The highest BCUT2D eigenvalue weighted by atomic mass is 16.1. The normalized spacial score (nSPS) is 16.0. The maximum atomic E-state index is 10.7. The summed E-state index contributed by atoms with van der Waals surface area (Å²) >= 11 is 0. The van der Waals surface area contributed by atoms with Crippen molar-refractivity contribution in [1.29, 1.82) is 0 Å². The number of carbonyl (C=O) groups excluding carboxylic acids is 1. The molecule has 1 aliphatic rings. The number of carbonyl (C=O) groups is 1. The molecule has 0 saturated heterocycles. The summed E-state index contributed by atoms with van der Waals surface area (Å²) < 4.78 is 1.91. The molecule has 1 fully saturated rings. The van der Waals surface area contributed by atoms with Crippen LogP contribution >= 0.6 is 0 Å². The maximum Gasteiger partial charge on any atom is 0.166 e. The quantitative estimate of drug-likeness (QED) is 0.672. The van der Waals surface area contributed by atoms with Crippen molar-refractivity contribution in [1.82, 2.24) is 9.38 Å². The Kier molecular flexibility index (Phi) is 1.48. The molecular weight excluding hydrogens is 176 g/mol. The smallest absolute Gasteiger partial charge is 0.166 e. The fourth-order valence-corrected chi connectivity index (χ4v) is 1.85. The van der Waals surface area contributed by atoms with E-state index in [1.54, 1.807) is 6.20 Å². The first-order chi connectivity index (χ1) is 6.90. The van der Waals surface area contributed by atoms with Crippen LogP contribution in [0.4, 0.5) is 0 Å². The van der Waals surface area contributed by atoms with Gasteiger partial charge in [-0.25, -0.2) is 0 Å². The van der Waals surface area contributed by atoms with Crippen molar-refractivity contribution in [3.63, 3.8) is 0 Å². The zero-order valence-corrected chi connectivity index (χ0v) is 7.68. The highest BCUT2D eigenvalue weighted by Gasteiger charge is 2.27. The van der Waals surface area contributed by atoms with E-state index >= 15 is 0 Å². The van der Waals surface area contributed by atoms with E-state index in [9.17, 15) is 4.79 Å². The Balaban J connectivity index is 2.31. The lowest BCUT2D eigenvalue weighted by atomic mass is 10.2. The summed E-state index contributed by atoms with van der Waals surface area (Å²) in [5.41, 5.74) is 2.92.